The number of hydrogen-bond acceptors (Lipinski definition) is 5. The molecule has 0 aliphatic heterocycles. The van der Waals surface area contributed by atoms with Crippen LogP contribution < -0.4 is 4.74 Å². The highest BCUT2D eigenvalue weighted by molar-refractivity contribution is 6.30. The number of rotatable bonds is 3. The molecule has 0 radical (unpaired) electrons. The topological polar surface area (TPSA) is 70.1 Å². The Hall–Kier alpha value is -3.52. The van der Waals surface area contributed by atoms with Crippen LogP contribution in [0.25, 0.3) is 33.5 Å². The lowest BCUT2D eigenvalue weighted by atomic mass is 10.1. The average molecular weight is 395 g/mol. The molecule has 28 heavy (non-hydrogen) atoms. The first-order valence-corrected chi connectivity index (χ1v) is 8.71. The van der Waals surface area contributed by atoms with E-state index >= 15 is 0 Å². The summed E-state index contributed by atoms with van der Waals surface area (Å²) in [4.78, 5) is 4.51. The molecule has 0 unspecified atom stereocenters. The summed E-state index contributed by atoms with van der Waals surface area (Å²) < 4.78 is 22.2. The summed E-state index contributed by atoms with van der Waals surface area (Å²) in [6, 6.07) is 12.2. The minimum absolute atomic E-state index is 0.0376. The molecular weight excluding hydrogens is 383 g/mol. The molecule has 0 aliphatic carbocycles. The molecule has 0 amide bonds. The fourth-order valence-corrected chi connectivity index (χ4v) is 3.38. The molecule has 0 spiro atoms. The Kier molecular flexibility index (Phi) is 3.73. The molecule has 3 heterocycles. The third-order valence-electron chi connectivity index (χ3n) is 4.57. The Morgan fingerprint density at radius 1 is 1.07 bits per heavy atom. The average Bonchev–Trinajstić information content (AvgIpc) is 3.34. The second kappa shape index (κ2) is 6.28. The van der Waals surface area contributed by atoms with E-state index in [2.05, 4.69) is 20.5 Å². The number of nitrogens with zero attached hydrogens (tertiary/aromatic N) is 6. The van der Waals surface area contributed by atoms with Crippen LogP contribution >= 0.6 is 11.6 Å². The summed E-state index contributed by atoms with van der Waals surface area (Å²) in [5.41, 5.74) is 3.71. The maximum atomic E-state index is 13.6. The third kappa shape index (κ3) is 2.49. The van der Waals surface area contributed by atoms with E-state index in [4.69, 9.17) is 16.3 Å². The van der Waals surface area contributed by atoms with Crippen LogP contribution in [0.4, 0.5) is 4.39 Å². The predicted molar refractivity (Wildman–Crippen MR) is 102 cm³/mol. The normalized spacial score (nSPS) is 11.4. The fourth-order valence-electron chi connectivity index (χ4n) is 3.21. The molecule has 0 atom stereocenters. The summed E-state index contributed by atoms with van der Waals surface area (Å²) >= 11 is 5.99. The zero-order valence-corrected chi connectivity index (χ0v) is 15.3. The monoisotopic (exact) mass is 394 g/mol. The summed E-state index contributed by atoms with van der Waals surface area (Å²) in [6.45, 7) is 0. The minimum atomic E-state index is -0.478. The largest absolute Gasteiger partial charge is 0.497 e. The number of fused-ring (bicyclic) bond motifs is 3. The van der Waals surface area contributed by atoms with Gasteiger partial charge in [-0.25, -0.2) is 9.37 Å². The third-order valence-corrected chi connectivity index (χ3v) is 4.86. The lowest BCUT2D eigenvalue weighted by Crippen LogP contribution is -1.97. The van der Waals surface area contributed by atoms with Crippen LogP contribution in [0.5, 0.6) is 5.75 Å². The Morgan fingerprint density at radius 2 is 1.89 bits per heavy atom. The van der Waals surface area contributed by atoms with E-state index < -0.39 is 5.82 Å². The van der Waals surface area contributed by atoms with Gasteiger partial charge in [0.25, 0.3) is 0 Å². The van der Waals surface area contributed by atoms with Crippen LogP contribution in [0.15, 0.2) is 55.0 Å². The maximum Gasteiger partial charge on any atom is 0.192 e. The van der Waals surface area contributed by atoms with Gasteiger partial charge < -0.3 is 9.30 Å². The Bertz CT molecular complexity index is 1330. The summed E-state index contributed by atoms with van der Waals surface area (Å²) in [5, 5.41) is 12.6. The SMILES string of the molecule is COc1ccc(-c2cn(-c3ccc(F)c(Cl)c3)c3ncn4nnnc4c23)cc1. The van der Waals surface area contributed by atoms with E-state index in [1.54, 1.807) is 19.2 Å². The summed E-state index contributed by atoms with van der Waals surface area (Å²) in [7, 11) is 1.62. The van der Waals surface area contributed by atoms with Gasteiger partial charge in [-0.2, -0.15) is 4.52 Å². The molecule has 0 N–H and O–H groups in total. The van der Waals surface area contributed by atoms with Crippen LogP contribution in [-0.4, -0.2) is 36.7 Å². The van der Waals surface area contributed by atoms with Crippen molar-refractivity contribution in [3.63, 3.8) is 0 Å². The summed E-state index contributed by atoms with van der Waals surface area (Å²) in [5.74, 6) is 0.277. The lowest BCUT2D eigenvalue weighted by molar-refractivity contribution is 0.415. The number of ether oxygens (including phenoxy) is 1. The number of hydrogen-bond donors (Lipinski definition) is 0. The Balaban J connectivity index is 1.83. The maximum absolute atomic E-state index is 13.6. The molecule has 5 rings (SSSR count). The molecular formula is C19H12ClFN6O. The first-order chi connectivity index (χ1) is 13.7. The summed E-state index contributed by atoms with van der Waals surface area (Å²) in [6.07, 6.45) is 3.45. The molecule has 9 heteroatoms. The van der Waals surface area contributed by atoms with Crippen LogP contribution in [0.1, 0.15) is 0 Å². The molecule has 0 fully saturated rings. The van der Waals surface area contributed by atoms with Gasteiger partial charge in [-0.15, -0.1) is 5.10 Å². The Labute approximate surface area is 162 Å². The molecule has 3 aromatic heterocycles. The number of benzene rings is 2. The van der Waals surface area contributed by atoms with Crippen molar-refractivity contribution in [2.45, 2.75) is 0 Å². The van der Waals surface area contributed by atoms with Gasteiger partial charge >= 0.3 is 0 Å². The van der Waals surface area contributed by atoms with Crippen molar-refractivity contribution in [3.8, 4) is 22.6 Å². The van der Waals surface area contributed by atoms with Gasteiger partial charge in [0.05, 0.1) is 17.5 Å². The van der Waals surface area contributed by atoms with Gasteiger partial charge in [-0.1, -0.05) is 23.7 Å². The zero-order valence-electron chi connectivity index (χ0n) is 14.5. The number of aromatic nitrogens is 6. The zero-order chi connectivity index (χ0) is 19.3. The standard InChI is InChI=1S/C19H12ClFN6O/c1-28-13-5-2-11(3-6-13)14-9-26(12-4-7-16(21)15(20)8-12)18-17(14)19-23-24-25-27(19)10-22-18/h2-10H,1H3. The van der Waals surface area contributed by atoms with Gasteiger partial charge in [-0.05, 0) is 46.3 Å². The first-order valence-electron chi connectivity index (χ1n) is 8.33. The molecule has 2 aromatic carbocycles. The highest BCUT2D eigenvalue weighted by atomic mass is 35.5. The molecule has 0 saturated carbocycles. The Morgan fingerprint density at radius 3 is 2.64 bits per heavy atom. The first kappa shape index (κ1) is 16.6. The van der Waals surface area contributed by atoms with E-state index in [0.29, 0.717) is 17.0 Å². The smallest absolute Gasteiger partial charge is 0.192 e. The van der Waals surface area contributed by atoms with Crippen molar-refractivity contribution in [2.24, 2.45) is 0 Å². The van der Waals surface area contributed by atoms with Crippen LogP contribution in [0, 0.1) is 5.82 Å². The molecule has 138 valence electrons. The van der Waals surface area contributed by atoms with E-state index in [1.807, 2.05) is 35.0 Å². The molecule has 7 nitrogen and oxygen atoms in total. The molecule has 0 aliphatic rings. The van der Waals surface area contributed by atoms with Crippen molar-refractivity contribution in [1.29, 1.82) is 0 Å². The van der Waals surface area contributed by atoms with E-state index in [-0.39, 0.29) is 5.02 Å². The fraction of sp³-hybridized carbons (Fsp3) is 0.0526. The van der Waals surface area contributed by atoms with E-state index in [1.165, 1.54) is 16.9 Å². The highest BCUT2D eigenvalue weighted by Gasteiger charge is 2.18. The number of halogens is 2. The second-order valence-corrected chi connectivity index (χ2v) is 6.54. The van der Waals surface area contributed by atoms with Gasteiger partial charge in [-0.3, -0.25) is 0 Å². The molecule has 5 aromatic rings. The van der Waals surface area contributed by atoms with Gasteiger partial charge in [0.1, 0.15) is 17.9 Å². The second-order valence-electron chi connectivity index (χ2n) is 6.13. The molecule has 0 saturated heterocycles. The van der Waals surface area contributed by atoms with Crippen molar-refractivity contribution in [1.82, 2.24) is 29.6 Å². The predicted octanol–water partition coefficient (Wildman–Crippen LogP) is 3.93. The van der Waals surface area contributed by atoms with Crippen LogP contribution in [0.2, 0.25) is 5.02 Å². The van der Waals surface area contributed by atoms with Crippen LogP contribution in [0.3, 0.4) is 0 Å². The number of methoxy groups -OCH3 is 1. The van der Waals surface area contributed by atoms with Gasteiger partial charge in [0.2, 0.25) is 0 Å². The number of tetrazole rings is 1. The van der Waals surface area contributed by atoms with Gasteiger partial charge in [0, 0.05) is 17.4 Å². The van der Waals surface area contributed by atoms with Crippen molar-refractivity contribution >= 4 is 28.3 Å². The molecule has 0 bridgehead atoms. The minimum Gasteiger partial charge on any atom is -0.497 e. The van der Waals surface area contributed by atoms with Crippen molar-refractivity contribution in [3.05, 3.63) is 65.8 Å². The van der Waals surface area contributed by atoms with Crippen LogP contribution in [-0.2, 0) is 0 Å². The van der Waals surface area contributed by atoms with E-state index in [9.17, 15) is 4.39 Å². The highest BCUT2D eigenvalue weighted by Crippen LogP contribution is 2.34. The van der Waals surface area contributed by atoms with Crippen molar-refractivity contribution in [2.75, 3.05) is 7.11 Å². The van der Waals surface area contributed by atoms with Gasteiger partial charge in [0.15, 0.2) is 11.3 Å². The quantitative estimate of drug-likeness (QED) is 0.463. The van der Waals surface area contributed by atoms with Crippen molar-refractivity contribution < 1.29 is 9.13 Å². The van der Waals surface area contributed by atoms with E-state index in [0.717, 1.165) is 22.3 Å². The lowest BCUT2D eigenvalue weighted by Gasteiger charge is -2.05.